The molecular formula is C15H12CrO3. The molecule has 0 radical (unpaired) electrons. The fraction of sp³-hybridized carbons (Fsp3) is 0.133. The van der Waals surface area contributed by atoms with E-state index in [1.54, 1.807) is 0 Å². The molecule has 2 aliphatic carbocycles. The molecule has 0 spiro atoms. The van der Waals surface area contributed by atoms with Gasteiger partial charge in [-0.1, -0.05) is 48.6 Å². The van der Waals surface area contributed by atoms with Gasteiger partial charge >= 0.3 is 33.9 Å². The molecule has 0 aromatic heterocycles. The fourth-order valence-electron chi connectivity index (χ4n) is 1.46. The maximum atomic E-state index is 7.50. The first-order valence-corrected chi connectivity index (χ1v) is 4.96. The van der Waals surface area contributed by atoms with Crippen molar-refractivity contribution in [3.8, 4) is 0 Å². The van der Waals surface area contributed by atoms with Crippen LogP contribution in [0.5, 0.6) is 0 Å². The first-order chi connectivity index (χ1) is 8.95. The van der Waals surface area contributed by atoms with Crippen LogP contribution in [0.2, 0.25) is 0 Å². The van der Waals surface area contributed by atoms with E-state index in [2.05, 4.69) is 68.6 Å². The number of allylic oxidation sites excluding steroid dienone is 10. The summed E-state index contributed by atoms with van der Waals surface area (Å²) >= 11 is 0. The van der Waals surface area contributed by atoms with Crippen molar-refractivity contribution in [3.05, 3.63) is 79.7 Å². The minimum absolute atomic E-state index is 0. The first kappa shape index (κ1) is 22.6. The Hall–Kier alpha value is -1.55. The Morgan fingerprint density at radius 2 is 1.11 bits per heavy atom. The monoisotopic (exact) mass is 292 g/mol. The van der Waals surface area contributed by atoms with E-state index in [0.29, 0.717) is 0 Å². The number of hydrogen-bond acceptors (Lipinski definition) is 0. The molecule has 4 heteroatoms. The predicted molar refractivity (Wildman–Crippen MR) is 64.6 cm³/mol. The van der Waals surface area contributed by atoms with E-state index >= 15 is 0 Å². The van der Waals surface area contributed by atoms with Crippen LogP contribution in [0.4, 0.5) is 0 Å². The van der Waals surface area contributed by atoms with Crippen molar-refractivity contribution in [2.24, 2.45) is 0 Å². The number of hydrogen-bond donors (Lipinski definition) is 0. The summed E-state index contributed by atoms with van der Waals surface area (Å²) in [6, 6.07) is 0. The van der Waals surface area contributed by atoms with Crippen molar-refractivity contribution in [2.45, 2.75) is 12.8 Å². The first-order valence-electron chi connectivity index (χ1n) is 4.96. The Morgan fingerprint density at radius 3 is 1.47 bits per heavy atom. The Bertz CT molecular complexity index is 388. The topological polar surface area (TPSA) is 59.7 Å². The third-order valence-electron chi connectivity index (χ3n) is 2.08. The van der Waals surface area contributed by atoms with Gasteiger partial charge in [-0.3, -0.25) is 0 Å². The van der Waals surface area contributed by atoms with Gasteiger partial charge < -0.3 is 0 Å². The van der Waals surface area contributed by atoms with E-state index in [1.165, 1.54) is 11.1 Å². The summed E-state index contributed by atoms with van der Waals surface area (Å²) in [5.41, 5.74) is 2.80. The zero-order valence-electron chi connectivity index (χ0n) is 10.2. The van der Waals surface area contributed by atoms with E-state index in [1.807, 2.05) is 0 Å². The van der Waals surface area contributed by atoms with Crippen LogP contribution >= 0.6 is 0 Å². The molecule has 96 valence electrons. The Kier molecular flexibility index (Phi) is 22.4. The van der Waals surface area contributed by atoms with Gasteiger partial charge in [-0.15, -0.1) is 0 Å². The van der Waals surface area contributed by atoms with Crippen LogP contribution in [0, 0.1) is 20.0 Å². The van der Waals surface area contributed by atoms with Crippen LogP contribution in [0.25, 0.3) is 0 Å². The van der Waals surface area contributed by atoms with Crippen LogP contribution in [0.3, 0.4) is 0 Å². The van der Waals surface area contributed by atoms with Gasteiger partial charge in [0.05, 0.1) is 0 Å². The molecule has 0 aromatic rings. The average Bonchev–Trinajstić information content (AvgIpc) is 2.70. The van der Waals surface area contributed by atoms with Crippen molar-refractivity contribution in [3.63, 3.8) is 0 Å². The van der Waals surface area contributed by atoms with Gasteiger partial charge in [0.25, 0.3) is 0 Å². The van der Waals surface area contributed by atoms with Gasteiger partial charge in [-0.25, -0.2) is 0 Å². The van der Waals surface area contributed by atoms with Crippen molar-refractivity contribution in [1.82, 2.24) is 0 Å². The van der Waals surface area contributed by atoms with Crippen LogP contribution in [0.15, 0.2) is 59.8 Å². The van der Waals surface area contributed by atoms with Crippen LogP contribution in [-0.2, 0) is 31.3 Å². The molecule has 0 aromatic carbocycles. The average molecular weight is 292 g/mol. The second kappa shape index (κ2) is 18.8. The van der Waals surface area contributed by atoms with E-state index in [-0.39, 0.29) is 17.4 Å². The maximum Gasteiger partial charge on any atom is 0 e. The summed E-state index contributed by atoms with van der Waals surface area (Å²) < 4.78 is 22.5. The predicted octanol–water partition coefficient (Wildman–Crippen LogP) is 3.20. The van der Waals surface area contributed by atoms with Crippen molar-refractivity contribution >= 4 is 0 Å². The molecule has 0 amide bonds. The Labute approximate surface area is 124 Å². The maximum absolute atomic E-state index is 7.50. The molecule has 0 N–H and O–H groups in total. The van der Waals surface area contributed by atoms with Gasteiger partial charge in [0, 0.05) is 17.4 Å². The molecule has 2 aliphatic rings. The number of fused-ring (bicyclic) bond motifs is 2. The van der Waals surface area contributed by atoms with E-state index in [9.17, 15) is 0 Å². The molecule has 2 rings (SSSR count). The SMILES string of the molecule is C1=CC=C2/C=C/C/C=C\C(=C1)C2.[C-]#[O+].[C-]#[O+].[C-]#[O+].[Cr]. The minimum atomic E-state index is 0. The van der Waals surface area contributed by atoms with Crippen molar-refractivity contribution in [2.75, 3.05) is 0 Å². The number of rotatable bonds is 0. The normalized spacial score (nSPS) is 16.7. The molecule has 0 aliphatic heterocycles. The molecule has 2 bridgehead atoms. The quantitative estimate of drug-likeness (QED) is 0.486. The van der Waals surface area contributed by atoms with Crippen LogP contribution < -0.4 is 0 Å². The molecule has 19 heavy (non-hydrogen) atoms. The molecule has 0 saturated heterocycles. The third kappa shape index (κ3) is 11.3. The zero-order chi connectivity index (χ0) is 14.2. The summed E-state index contributed by atoms with van der Waals surface area (Å²) in [5.74, 6) is 0. The summed E-state index contributed by atoms with van der Waals surface area (Å²) in [6.45, 7) is 13.5. The van der Waals surface area contributed by atoms with Gasteiger partial charge in [0.1, 0.15) is 0 Å². The van der Waals surface area contributed by atoms with E-state index in [4.69, 9.17) is 14.0 Å². The van der Waals surface area contributed by atoms with Gasteiger partial charge in [0.15, 0.2) is 0 Å². The third-order valence-corrected chi connectivity index (χ3v) is 2.08. The second-order valence-corrected chi connectivity index (χ2v) is 3.09. The van der Waals surface area contributed by atoms with Gasteiger partial charge in [-0.05, 0) is 24.0 Å². The summed E-state index contributed by atoms with van der Waals surface area (Å²) in [5, 5.41) is 0. The zero-order valence-corrected chi connectivity index (χ0v) is 11.4. The largest absolute Gasteiger partial charge is 0 e. The summed E-state index contributed by atoms with van der Waals surface area (Å²) in [6.07, 6.45) is 19.5. The Morgan fingerprint density at radius 1 is 0.737 bits per heavy atom. The molecular weight excluding hydrogens is 280 g/mol. The van der Waals surface area contributed by atoms with E-state index < -0.39 is 0 Å². The van der Waals surface area contributed by atoms with E-state index in [0.717, 1.165) is 12.8 Å². The van der Waals surface area contributed by atoms with Gasteiger partial charge in [-0.2, -0.15) is 0 Å². The summed E-state index contributed by atoms with van der Waals surface area (Å²) in [7, 11) is 0. The summed E-state index contributed by atoms with van der Waals surface area (Å²) in [4.78, 5) is 0. The molecule has 3 nitrogen and oxygen atoms in total. The molecule has 0 atom stereocenters. The molecule has 0 saturated carbocycles. The second-order valence-electron chi connectivity index (χ2n) is 3.09. The fourth-order valence-corrected chi connectivity index (χ4v) is 1.46. The standard InChI is InChI=1S/C12H12.3CO.Cr/c1-2-6-11-8-4-5-9-12(10-11)7-3-1;3*1-2;/h2-9H,1,10H2;;;;/b6-2-,7-3+;;;;. The molecule has 0 fully saturated rings. The molecule has 0 unspecified atom stereocenters. The van der Waals surface area contributed by atoms with Crippen LogP contribution in [0.1, 0.15) is 12.8 Å². The van der Waals surface area contributed by atoms with Gasteiger partial charge in [0.2, 0.25) is 0 Å². The molecule has 0 heterocycles. The van der Waals surface area contributed by atoms with Crippen LogP contribution in [-0.4, -0.2) is 0 Å². The Balaban J connectivity index is -0.000000325. The van der Waals surface area contributed by atoms with Crippen molar-refractivity contribution in [1.29, 1.82) is 0 Å². The smallest absolute Gasteiger partial charge is 0 e. The van der Waals surface area contributed by atoms with Crippen molar-refractivity contribution < 1.29 is 31.3 Å². The minimum Gasteiger partial charge on any atom is 0 e.